The molecule has 9 atom stereocenters. The van der Waals surface area contributed by atoms with Crippen LogP contribution < -0.4 is 0 Å². The van der Waals surface area contributed by atoms with Crippen LogP contribution in [0.3, 0.4) is 0 Å². The average molecular weight is 344 g/mol. The Labute approximate surface area is 131 Å². The molecule has 1 rings (SSSR count). The van der Waals surface area contributed by atoms with Crippen LogP contribution >= 0.6 is 0 Å². The van der Waals surface area contributed by atoms with Gasteiger partial charge in [0.05, 0.1) is 12.7 Å². The van der Waals surface area contributed by atoms with E-state index in [9.17, 15) is 40.9 Å². The zero-order valence-electron chi connectivity index (χ0n) is 12.1. The molecule has 0 aromatic heterocycles. The van der Waals surface area contributed by atoms with Crippen molar-refractivity contribution in [3.05, 3.63) is 0 Å². The maximum Gasteiger partial charge on any atom is 0.224 e. The summed E-state index contributed by atoms with van der Waals surface area (Å²) in [5.41, 5.74) is 0. The Morgan fingerprint density at radius 3 is 1.96 bits per heavy atom. The van der Waals surface area contributed by atoms with Crippen LogP contribution in [0.4, 0.5) is 0 Å². The summed E-state index contributed by atoms with van der Waals surface area (Å²) >= 11 is 0. The molecule has 0 aromatic rings. The molecular weight excluding hydrogens is 320 g/mol. The maximum atomic E-state index is 10.2. The number of hydrogen-bond acceptors (Lipinski definition) is 11. The minimum atomic E-state index is -3.04. The lowest BCUT2D eigenvalue weighted by Gasteiger charge is -2.48. The van der Waals surface area contributed by atoms with Gasteiger partial charge in [0.25, 0.3) is 0 Å². The standard InChI is InChI=1S/C12H24O11/c13-2-1-4(15)6(16)8(18)10(20)12(22)11(21)9(19)7(17)5(3-14)23-12/h4-11,13-22H,1-3H2/t4-,5-,6+,7-,8-,9+,10?,11-,12?/m1/s1. The molecule has 2 unspecified atom stereocenters. The van der Waals surface area contributed by atoms with Crippen LogP contribution in [0.2, 0.25) is 0 Å². The minimum Gasteiger partial charge on any atom is -0.396 e. The fourth-order valence-corrected chi connectivity index (χ4v) is 2.39. The second-order valence-electron chi connectivity index (χ2n) is 5.52. The lowest BCUT2D eigenvalue weighted by Crippen LogP contribution is -2.72. The van der Waals surface area contributed by atoms with Gasteiger partial charge in [-0.1, -0.05) is 0 Å². The van der Waals surface area contributed by atoms with Gasteiger partial charge in [-0.2, -0.15) is 0 Å². The molecule has 0 spiro atoms. The van der Waals surface area contributed by atoms with Crippen LogP contribution in [0.1, 0.15) is 6.42 Å². The van der Waals surface area contributed by atoms with Gasteiger partial charge >= 0.3 is 0 Å². The molecule has 0 bridgehead atoms. The highest BCUT2D eigenvalue weighted by atomic mass is 16.7. The van der Waals surface area contributed by atoms with Crippen LogP contribution in [0.15, 0.2) is 0 Å². The molecule has 11 nitrogen and oxygen atoms in total. The summed E-state index contributed by atoms with van der Waals surface area (Å²) in [6.07, 6.45) is -16.3. The van der Waals surface area contributed by atoms with Gasteiger partial charge in [-0.3, -0.25) is 0 Å². The Morgan fingerprint density at radius 1 is 0.913 bits per heavy atom. The van der Waals surface area contributed by atoms with E-state index in [0.29, 0.717) is 0 Å². The minimum absolute atomic E-state index is 0.340. The summed E-state index contributed by atoms with van der Waals surface area (Å²) < 4.78 is 4.78. The Hall–Kier alpha value is -0.440. The predicted octanol–water partition coefficient (Wildman–Crippen LogP) is -6.03. The molecule has 23 heavy (non-hydrogen) atoms. The number of rotatable bonds is 7. The Balaban J connectivity index is 2.96. The molecule has 0 aromatic carbocycles. The van der Waals surface area contributed by atoms with Crippen molar-refractivity contribution >= 4 is 0 Å². The fourth-order valence-electron chi connectivity index (χ4n) is 2.39. The molecule has 10 N–H and O–H groups in total. The molecule has 1 aliphatic rings. The number of aliphatic hydroxyl groups is 10. The molecule has 11 heteroatoms. The number of hydrogen-bond donors (Lipinski definition) is 10. The Morgan fingerprint density at radius 2 is 1.48 bits per heavy atom. The molecular formula is C12H24O11. The lowest BCUT2D eigenvalue weighted by atomic mass is 9.85. The molecule has 0 saturated carbocycles. The highest BCUT2D eigenvalue weighted by Gasteiger charge is 2.58. The van der Waals surface area contributed by atoms with Gasteiger partial charge in [-0.15, -0.1) is 0 Å². The van der Waals surface area contributed by atoms with E-state index in [-0.39, 0.29) is 6.42 Å². The summed E-state index contributed by atoms with van der Waals surface area (Å²) in [5.74, 6) is -3.04. The molecule has 1 saturated heterocycles. The van der Waals surface area contributed by atoms with Gasteiger partial charge in [0.2, 0.25) is 5.79 Å². The van der Waals surface area contributed by atoms with E-state index < -0.39 is 67.8 Å². The zero-order chi connectivity index (χ0) is 17.9. The van der Waals surface area contributed by atoms with E-state index in [1.54, 1.807) is 0 Å². The van der Waals surface area contributed by atoms with Gasteiger partial charge in [0, 0.05) is 6.61 Å². The molecule has 1 heterocycles. The van der Waals surface area contributed by atoms with Gasteiger partial charge in [0.15, 0.2) is 0 Å². The summed E-state index contributed by atoms with van der Waals surface area (Å²) in [7, 11) is 0. The van der Waals surface area contributed by atoms with E-state index in [1.807, 2.05) is 0 Å². The van der Waals surface area contributed by atoms with Gasteiger partial charge in [0.1, 0.15) is 42.7 Å². The van der Waals surface area contributed by atoms with Crippen molar-refractivity contribution in [1.82, 2.24) is 0 Å². The summed E-state index contributed by atoms with van der Waals surface area (Å²) in [5, 5.41) is 95.9. The predicted molar refractivity (Wildman–Crippen MR) is 70.7 cm³/mol. The highest BCUT2D eigenvalue weighted by molar-refractivity contribution is 5.02. The molecule has 0 aliphatic carbocycles. The van der Waals surface area contributed by atoms with Crippen molar-refractivity contribution in [2.24, 2.45) is 0 Å². The highest BCUT2D eigenvalue weighted by Crippen LogP contribution is 2.33. The van der Waals surface area contributed by atoms with Crippen LogP contribution in [-0.2, 0) is 4.74 Å². The van der Waals surface area contributed by atoms with Crippen LogP contribution in [0, 0.1) is 0 Å². The monoisotopic (exact) mass is 344 g/mol. The number of ether oxygens (including phenoxy) is 1. The smallest absolute Gasteiger partial charge is 0.224 e. The maximum absolute atomic E-state index is 10.2. The van der Waals surface area contributed by atoms with Gasteiger partial charge < -0.3 is 55.8 Å². The first kappa shape index (κ1) is 20.6. The van der Waals surface area contributed by atoms with Crippen LogP contribution in [-0.4, -0.2) is 119 Å². The van der Waals surface area contributed by atoms with Gasteiger partial charge in [-0.05, 0) is 6.42 Å². The Kier molecular flexibility index (Phi) is 7.25. The van der Waals surface area contributed by atoms with Crippen LogP contribution in [0.5, 0.6) is 0 Å². The summed E-state index contributed by atoms with van der Waals surface area (Å²) in [6.45, 7) is -1.41. The zero-order valence-corrected chi connectivity index (χ0v) is 12.1. The average Bonchev–Trinajstić information content (AvgIpc) is 2.54. The topological polar surface area (TPSA) is 212 Å². The first-order valence-corrected chi connectivity index (χ1v) is 7.00. The van der Waals surface area contributed by atoms with Crippen molar-refractivity contribution in [3.63, 3.8) is 0 Å². The second-order valence-corrected chi connectivity index (χ2v) is 5.52. The van der Waals surface area contributed by atoms with Crippen molar-refractivity contribution in [2.45, 2.75) is 61.0 Å². The lowest BCUT2D eigenvalue weighted by molar-refractivity contribution is -0.386. The van der Waals surface area contributed by atoms with E-state index in [4.69, 9.17) is 14.9 Å². The van der Waals surface area contributed by atoms with Crippen molar-refractivity contribution < 1.29 is 55.8 Å². The molecule has 1 aliphatic heterocycles. The SMILES string of the molecule is OCC[C@@H](O)[C@H](O)[C@@H](O)C(O)C1(O)O[C@H](CO)[C@@H](O)[C@H](O)[C@H]1O. The summed E-state index contributed by atoms with van der Waals surface area (Å²) in [6, 6.07) is 0. The third-order valence-electron chi connectivity index (χ3n) is 3.91. The second kappa shape index (κ2) is 8.09. The first-order valence-electron chi connectivity index (χ1n) is 7.00. The van der Waals surface area contributed by atoms with E-state index in [1.165, 1.54) is 0 Å². The molecule has 138 valence electrons. The fraction of sp³-hybridized carbons (Fsp3) is 1.00. The Bertz CT molecular complexity index is 367. The summed E-state index contributed by atoms with van der Waals surface area (Å²) in [4.78, 5) is 0. The van der Waals surface area contributed by atoms with E-state index >= 15 is 0 Å². The molecule has 0 amide bonds. The van der Waals surface area contributed by atoms with Crippen LogP contribution in [0.25, 0.3) is 0 Å². The molecule has 1 fully saturated rings. The number of aliphatic hydroxyl groups excluding tert-OH is 9. The quantitative estimate of drug-likeness (QED) is 0.210. The van der Waals surface area contributed by atoms with Crippen molar-refractivity contribution in [1.29, 1.82) is 0 Å². The third kappa shape index (κ3) is 3.97. The van der Waals surface area contributed by atoms with E-state index in [0.717, 1.165) is 0 Å². The van der Waals surface area contributed by atoms with Crippen molar-refractivity contribution in [3.8, 4) is 0 Å². The van der Waals surface area contributed by atoms with E-state index in [2.05, 4.69) is 0 Å². The van der Waals surface area contributed by atoms with Gasteiger partial charge in [-0.25, -0.2) is 0 Å². The molecule has 0 radical (unpaired) electrons. The normalized spacial score (nSPS) is 40.4. The largest absolute Gasteiger partial charge is 0.396 e. The first-order chi connectivity index (χ1) is 10.6. The van der Waals surface area contributed by atoms with Crippen molar-refractivity contribution in [2.75, 3.05) is 13.2 Å². The third-order valence-corrected chi connectivity index (χ3v) is 3.91.